The highest BCUT2D eigenvalue weighted by atomic mass is 14.6. The number of benzene rings is 1. The minimum Gasteiger partial charge on any atom is -0.399 e. The highest BCUT2D eigenvalue weighted by Gasteiger charge is 2.24. The van der Waals surface area contributed by atoms with Crippen LogP contribution in [0.2, 0.25) is 0 Å². The maximum atomic E-state index is 6.15. The molecule has 4 N–H and O–H groups in total. The molecule has 2 heteroatoms. The van der Waals surface area contributed by atoms with Gasteiger partial charge in [0.05, 0.1) is 0 Å². The predicted octanol–water partition coefficient (Wildman–Crippen LogP) is 2.38. The van der Waals surface area contributed by atoms with Gasteiger partial charge in [-0.2, -0.15) is 0 Å². The molecule has 2 rings (SSSR count). The fraction of sp³-hybridized carbons (Fsp3) is 0.500. The molecule has 1 fully saturated rings. The molecule has 0 amide bonds. The molecule has 0 aromatic heterocycles. The highest BCUT2D eigenvalue weighted by Crippen LogP contribution is 2.37. The van der Waals surface area contributed by atoms with Gasteiger partial charge in [0.2, 0.25) is 0 Å². The molecule has 1 saturated carbocycles. The summed E-state index contributed by atoms with van der Waals surface area (Å²) < 4.78 is 0. The third-order valence-electron chi connectivity index (χ3n) is 2.98. The van der Waals surface area contributed by atoms with Gasteiger partial charge in [-0.1, -0.05) is 18.9 Å². The van der Waals surface area contributed by atoms with Crippen LogP contribution in [0.15, 0.2) is 18.2 Å². The lowest BCUT2D eigenvalue weighted by Gasteiger charge is -2.14. The van der Waals surface area contributed by atoms with E-state index in [-0.39, 0.29) is 6.04 Å². The van der Waals surface area contributed by atoms with Crippen LogP contribution in [0.5, 0.6) is 0 Å². The van der Waals surface area contributed by atoms with Crippen molar-refractivity contribution in [1.82, 2.24) is 0 Å². The summed E-state index contributed by atoms with van der Waals surface area (Å²) in [6.45, 7) is 2.08. The Morgan fingerprint density at radius 1 is 1.43 bits per heavy atom. The van der Waals surface area contributed by atoms with Crippen LogP contribution in [-0.4, -0.2) is 0 Å². The fourth-order valence-electron chi connectivity index (χ4n) is 1.95. The molecule has 0 spiro atoms. The Labute approximate surface area is 85.3 Å². The predicted molar refractivity (Wildman–Crippen MR) is 59.9 cm³/mol. The average molecular weight is 190 g/mol. The summed E-state index contributed by atoms with van der Waals surface area (Å²) >= 11 is 0. The molecule has 2 nitrogen and oxygen atoms in total. The van der Waals surface area contributed by atoms with Crippen LogP contribution in [0.25, 0.3) is 0 Å². The van der Waals surface area contributed by atoms with Gasteiger partial charge in [-0.25, -0.2) is 0 Å². The Hall–Kier alpha value is -1.02. The number of aryl methyl sites for hydroxylation is 1. The molecule has 1 aromatic carbocycles. The largest absolute Gasteiger partial charge is 0.399 e. The summed E-state index contributed by atoms with van der Waals surface area (Å²) in [6, 6.07) is 6.21. The third-order valence-corrected chi connectivity index (χ3v) is 2.98. The SMILES string of the molecule is Cc1cc(N)ccc1C(N)CC1CC1. The van der Waals surface area contributed by atoms with Crippen molar-refractivity contribution < 1.29 is 0 Å². The molecule has 1 aromatic rings. The van der Waals surface area contributed by atoms with E-state index >= 15 is 0 Å². The topological polar surface area (TPSA) is 52.0 Å². The van der Waals surface area contributed by atoms with Crippen LogP contribution < -0.4 is 11.5 Å². The molecule has 1 unspecified atom stereocenters. The first kappa shape index (κ1) is 9.53. The van der Waals surface area contributed by atoms with Crippen LogP contribution in [0, 0.1) is 12.8 Å². The molecule has 1 aliphatic rings. The molecule has 0 aliphatic heterocycles. The third kappa shape index (κ3) is 2.07. The van der Waals surface area contributed by atoms with Crippen LogP contribution in [-0.2, 0) is 0 Å². The lowest BCUT2D eigenvalue weighted by molar-refractivity contribution is 0.594. The van der Waals surface area contributed by atoms with E-state index in [9.17, 15) is 0 Å². The van der Waals surface area contributed by atoms with Crippen LogP contribution in [0.3, 0.4) is 0 Å². The molecule has 1 atom stereocenters. The standard InChI is InChI=1S/C12H18N2/c1-8-6-10(13)4-5-11(8)12(14)7-9-2-3-9/h4-6,9,12H,2-3,7,13-14H2,1H3. The zero-order chi connectivity index (χ0) is 10.1. The van der Waals surface area contributed by atoms with Gasteiger partial charge in [-0.3, -0.25) is 0 Å². The van der Waals surface area contributed by atoms with Crippen molar-refractivity contribution in [1.29, 1.82) is 0 Å². The van der Waals surface area contributed by atoms with E-state index in [4.69, 9.17) is 11.5 Å². The molecule has 1 aliphatic carbocycles. The van der Waals surface area contributed by atoms with E-state index in [2.05, 4.69) is 13.0 Å². The minimum absolute atomic E-state index is 0.197. The Morgan fingerprint density at radius 2 is 2.14 bits per heavy atom. The summed E-state index contributed by atoms with van der Waals surface area (Å²) in [5.74, 6) is 0.877. The molecule has 0 radical (unpaired) electrons. The van der Waals surface area contributed by atoms with Crippen molar-refractivity contribution >= 4 is 5.69 Å². The summed E-state index contributed by atoms with van der Waals surface area (Å²) in [6.07, 6.45) is 3.86. The summed E-state index contributed by atoms with van der Waals surface area (Å²) in [7, 11) is 0. The highest BCUT2D eigenvalue weighted by molar-refractivity contribution is 5.45. The van der Waals surface area contributed by atoms with Gasteiger partial charge in [0.15, 0.2) is 0 Å². The number of hydrogen-bond acceptors (Lipinski definition) is 2. The summed E-state index contributed by atoms with van der Waals surface area (Å²) in [5.41, 5.74) is 15.1. The summed E-state index contributed by atoms with van der Waals surface area (Å²) in [5, 5.41) is 0. The lowest BCUT2D eigenvalue weighted by Crippen LogP contribution is -2.12. The smallest absolute Gasteiger partial charge is 0.0316 e. The maximum Gasteiger partial charge on any atom is 0.0316 e. The second-order valence-electron chi connectivity index (χ2n) is 4.40. The molecule has 14 heavy (non-hydrogen) atoms. The first-order valence-electron chi connectivity index (χ1n) is 5.28. The molecular weight excluding hydrogens is 172 g/mol. The second-order valence-corrected chi connectivity index (χ2v) is 4.40. The Balaban J connectivity index is 2.13. The van der Waals surface area contributed by atoms with E-state index in [0.29, 0.717) is 0 Å². The van der Waals surface area contributed by atoms with Crippen LogP contribution >= 0.6 is 0 Å². The molecule has 0 saturated heterocycles. The van der Waals surface area contributed by atoms with Gasteiger partial charge in [0, 0.05) is 11.7 Å². The van der Waals surface area contributed by atoms with Gasteiger partial charge >= 0.3 is 0 Å². The number of nitrogens with two attached hydrogens (primary N) is 2. The van der Waals surface area contributed by atoms with E-state index < -0.39 is 0 Å². The minimum atomic E-state index is 0.197. The number of hydrogen-bond donors (Lipinski definition) is 2. The molecule has 0 heterocycles. The monoisotopic (exact) mass is 190 g/mol. The van der Waals surface area contributed by atoms with E-state index in [0.717, 1.165) is 18.0 Å². The zero-order valence-electron chi connectivity index (χ0n) is 8.66. The van der Waals surface area contributed by atoms with Crippen molar-refractivity contribution in [2.45, 2.75) is 32.2 Å². The second kappa shape index (κ2) is 3.62. The van der Waals surface area contributed by atoms with Gasteiger partial charge in [0.1, 0.15) is 0 Å². The molecule has 76 valence electrons. The Bertz CT molecular complexity index is 329. The number of anilines is 1. The van der Waals surface area contributed by atoms with E-state index in [1.807, 2.05) is 12.1 Å². The van der Waals surface area contributed by atoms with Crippen molar-refractivity contribution in [2.24, 2.45) is 11.7 Å². The lowest BCUT2D eigenvalue weighted by atomic mass is 9.97. The zero-order valence-corrected chi connectivity index (χ0v) is 8.66. The van der Waals surface area contributed by atoms with Gasteiger partial charge in [-0.15, -0.1) is 0 Å². The Kier molecular flexibility index (Phi) is 2.46. The fourth-order valence-corrected chi connectivity index (χ4v) is 1.95. The summed E-state index contributed by atoms with van der Waals surface area (Å²) in [4.78, 5) is 0. The first-order valence-corrected chi connectivity index (χ1v) is 5.28. The average Bonchev–Trinajstić information content (AvgIpc) is 2.87. The van der Waals surface area contributed by atoms with Gasteiger partial charge in [-0.05, 0) is 42.5 Å². The quantitative estimate of drug-likeness (QED) is 0.719. The van der Waals surface area contributed by atoms with Crippen molar-refractivity contribution in [3.05, 3.63) is 29.3 Å². The van der Waals surface area contributed by atoms with Gasteiger partial charge in [0.25, 0.3) is 0 Å². The normalized spacial score (nSPS) is 18.1. The van der Waals surface area contributed by atoms with Crippen molar-refractivity contribution in [3.63, 3.8) is 0 Å². The van der Waals surface area contributed by atoms with E-state index in [1.165, 1.54) is 24.0 Å². The molecular formula is C12H18N2. The van der Waals surface area contributed by atoms with Crippen LogP contribution in [0.4, 0.5) is 5.69 Å². The van der Waals surface area contributed by atoms with E-state index in [1.54, 1.807) is 0 Å². The number of rotatable bonds is 3. The Morgan fingerprint density at radius 3 is 2.71 bits per heavy atom. The number of nitrogen functional groups attached to an aromatic ring is 1. The van der Waals surface area contributed by atoms with Crippen LogP contribution in [0.1, 0.15) is 36.4 Å². The maximum absolute atomic E-state index is 6.15. The van der Waals surface area contributed by atoms with Gasteiger partial charge < -0.3 is 11.5 Å². The first-order chi connectivity index (χ1) is 6.66. The molecule has 0 bridgehead atoms. The van der Waals surface area contributed by atoms with Crippen molar-refractivity contribution in [3.8, 4) is 0 Å². The van der Waals surface area contributed by atoms with Crippen molar-refractivity contribution in [2.75, 3.05) is 5.73 Å².